The van der Waals surface area contributed by atoms with Gasteiger partial charge in [0.15, 0.2) is 0 Å². The van der Waals surface area contributed by atoms with E-state index >= 15 is 0 Å². The molecule has 2 aromatic rings. The summed E-state index contributed by atoms with van der Waals surface area (Å²) in [6.45, 7) is 0. The molecule has 2 heterocycles. The van der Waals surface area contributed by atoms with Crippen LogP contribution in [0.2, 0.25) is 0 Å². The van der Waals surface area contributed by atoms with E-state index in [9.17, 15) is 14.0 Å². The maximum absolute atomic E-state index is 14.0. The molecule has 0 aromatic heterocycles. The second-order valence-corrected chi connectivity index (χ2v) is 6.19. The molecule has 2 aromatic carbocycles. The molecule has 0 N–H and O–H groups in total. The van der Waals surface area contributed by atoms with Gasteiger partial charge in [-0.05, 0) is 30.3 Å². The number of carbonyl (C=O) groups is 2. The first-order valence-corrected chi connectivity index (χ1v) is 8.05. The molecule has 2 aliphatic rings. The lowest BCUT2D eigenvalue weighted by Crippen LogP contribution is -2.40. The van der Waals surface area contributed by atoms with Crippen LogP contribution >= 0.6 is 0 Å². The van der Waals surface area contributed by atoms with E-state index in [-0.39, 0.29) is 24.3 Å². The molecular formula is C19H15FN2O4. The number of halogens is 1. The summed E-state index contributed by atoms with van der Waals surface area (Å²) in [7, 11) is 1.53. The minimum Gasteiger partial charge on any atom is -0.497 e. The lowest BCUT2D eigenvalue weighted by molar-refractivity contribution is -0.136. The third-order valence-corrected chi connectivity index (χ3v) is 4.58. The second kappa shape index (κ2) is 5.94. The van der Waals surface area contributed by atoms with Crippen LogP contribution in [0.4, 0.5) is 10.1 Å². The quantitative estimate of drug-likeness (QED) is 0.795. The van der Waals surface area contributed by atoms with Gasteiger partial charge < -0.3 is 9.57 Å². The third-order valence-electron chi connectivity index (χ3n) is 4.58. The standard InChI is InChI=1S/C19H15FN2O4/c1-25-13-8-6-12(7-9-13)22-17(23)11-19(18(22)24)10-16(21-26-19)14-4-2-3-5-15(14)20/h2-9H,10-11H2,1H3/t19-/m1/s1. The summed E-state index contributed by atoms with van der Waals surface area (Å²) in [5.74, 6) is -0.714. The molecular weight excluding hydrogens is 339 g/mol. The monoisotopic (exact) mass is 354 g/mol. The molecule has 132 valence electrons. The van der Waals surface area contributed by atoms with E-state index in [4.69, 9.17) is 9.57 Å². The van der Waals surface area contributed by atoms with Crippen molar-refractivity contribution in [2.24, 2.45) is 5.16 Å². The first kappa shape index (κ1) is 16.3. The predicted octanol–water partition coefficient (Wildman–Crippen LogP) is 2.66. The SMILES string of the molecule is COc1ccc(N2C(=O)C[C@]3(CC(c4ccccc4F)=NO3)C2=O)cc1. The van der Waals surface area contributed by atoms with Gasteiger partial charge in [-0.1, -0.05) is 23.4 Å². The summed E-state index contributed by atoms with van der Waals surface area (Å²) < 4.78 is 19.1. The Kier molecular flexibility index (Phi) is 3.72. The highest BCUT2D eigenvalue weighted by molar-refractivity contribution is 6.25. The Morgan fingerprint density at radius 2 is 1.85 bits per heavy atom. The van der Waals surface area contributed by atoms with E-state index in [2.05, 4.69) is 5.16 Å². The van der Waals surface area contributed by atoms with Crippen molar-refractivity contribution in [3.8, 4) is 5.75 Å². The predicted molar refractivity (Wildman–Crippen MR) is 91.5 cm³/mol. The fourth-order valence-electron chi connectivity index (χ4n) is 3.24. The van der Waals surface area contributed by atoms with Gasteiger partial charge in [-0.15, -0.1) is 0 Å². The number of imide groups is 1. The van der Waals surface area contributed by atoms with Gasteiger partial charge in [0, 0.05) is 12.0 Å². The second-order valence-electron chi connectivity index (χ2n) is 6.19. The zero-order chi connectivity index (χ0) is 18.3. The third kappa shape index (κ3) is 2.44. The molecule has 0 saturated carbocycles. The number of rotatable bonds is 3. The minimum absolute atomic E-state index is 0.0468. The first-order chi connectivity index (χ1) is 12.5. The fourth-order valence-corrected chi connectivity index (χ4v) is 3.24. The van der Waals surface area contributed by atoms with Crippen molar-refractivity contribution in [2.75, 3.05) is 12.0 Å². The summed E-state index contributed by atoms with van der Waals surface area (Å²) >= 11 is 0. The normalized spacial score (nSPS) is 21.9. The number of methoxy groups -OCH3 is 1. The van der Waals surface area contributed by atoms with Crippen molar-refractivity contribution in [1.82, 2.24) is 0 Å². The van der Waals surface area contributed by atoms with Crippen molar-refractivity contribution in [1.29, 1.82) is 0 Å². The summed E-state index contributed by atoms with van der Waals surface area (Å²) in [5.41, 5.74) is -0.386. The molecule has 4 rings (SSSR count). The molecule has 26 heavy (non-hydrogen) atoms. The van der Waals surface area contributed by atoms with Gasteiger partial charge in [0.1, 0.15) is 11.6 Å². The van der Waals surface area contributed by atoms with E-state index in [0.29, 0.717) is 17.1 Å². The van der Waals surface area contributed by atoms with Gasteiger partial charge >= 0.3 is 0 Å². The van der Waals surface area contributed by atoms with Crippen molar-refractivity contribution < 1.29 is 23.6 Å². The van der Waals surface area contributed by atoms with Crippen molar-refractivity contribution in [3.63, 3.8) is 0 Å². The molecule has 0 unspecified atom stereocenters. The van der Waals surface area contributed by atoms with Gasteiger partial charge in [0.05, 0.1) is 24.9 Å². The first-order valence-electron chi connectivity index (χ1n) is 8.05. The average molecular weight is 354 g/mol. The number of anilines is 1. The summed E-state index contributed by atoms with van der Waals surface area (Å²) in [6, 6.07) is 12.7. The van der Waals surface area contributed by atoms with Crippen LogP contribution < -0.4 is 9.64 Å². The zero-order valence-corrected chi connectivity index (χ0v) is 13.9. The molecule has 0 aliphatic carbocycles. The van der Waals surface area contributed by atoms with E-state index < -0.39 is 17.3 Å². The maximum Gasteiger partial charge on any atom is 0.281 e. The van der Waals surface area contributed by atoms with Crippen LogP contribution in [0.3, 0.4) is 0 Å². The van der Waals surface area contributed by atoms with Gasteiger partial charge in [0.2, 0.25) is 11.5 Å². The number of oxime groups is 1. The van der Waals surface area contributed by atoms with E-state index in [1.165, 1.54) is 13.2 Å². The van der Waals surface area contributed by atoms with Crippen LogP contribution in [0, 0.1) is 5.82 Å². The number of ether oxygens (including phenoxy) is 1. The molecule has 1 fully saturated rings. The number of hydrogen-bond acceptors (Lipinski definition) is 5. The average Bonchev–Trinajstić information content (AvgIpc) is 3.17. The molecule has 7 heteroatoms. The summed E-state index contributed by atoms with van der Waals surface area (Å²) in [5, 5.41) is 3.90. The highest BCUT2D eigenvalue weighted by Gasteiger charge is 2.58. The summed E-state index contributed by atoms with van der Waals surface area (Å²) in [4.78, 5) is 31.9. The molecule has 1 saturated heterocycles. The van der Waals surface area contributed by atoms with E-state index in [0.717, 1.165) is 4.90 Å². The van der Waals surface area contributed by atoms with Crippen LogP contribution in [-0.4, -0.2) is 30.2 Å². The Balaban J connectivity index is 1.61. The Hall–Kier alpha value is -3.22. The highest BCUT2D eigenvalue weighted by Crippen LogP contribution is 2.39. The molecule has 2 amide bonds. The van der Waals surface area contributed by atoms with Crippen LogP contribution in [-0.2, 0) is 14.4 Å². The van der Waals surface area contributed by atoms with Crippen LogP contribution in [0.1, 0.15) is 18.4 Å². The van der Waals surface area contributed by atoms with Crippen LogP contribution in [0.15, 0.2) is 53.7 Å². The Morgan fingerprint density at radius 3 is 2.54 bits per heavy atom. The van der Waals surface area contributed by atoms with Crippen molar-refractivity contribution >= 4 is 23.2 Å². The largest absolute Gasteiger partial charge is 0.497 e. The number of carbonyl (C=O) groups excluding carboxylic acids is 2. The number of benzene rings is 2. The highest BCUT2D eigenvalue weighted by atomic mass is 19.1. The van der Waals surface area contributed by atoms with Crippen molar-refractivity contribution in [3.05, 3.63) is 59.9 Å². The topological polar surface area (TPSA) is 68.2 Å². The number of hydrogen-bond donors (Lipinski definition) is 0. The number of amides is 2. The van der Waals surface area contributed by atoms with Gasteiger partial charge in [-0.3, -0.25) is 9.59 Å². The molecule has 1 atom stereocenters. The van der Waals surface area contributed by atoms with Gasteiger partial charge in [-0.25, -0.2) is 9.29 Å². The zero-order valence-electron chi connectivity index (χ0n) is 13.9. The Morgan fingerprint density at radius 1 is 1.12 bits per heavy atom. The van der Waals surface area contributed by atoms with E-state index in [1.54, 1.807) is 42.5 Å². The van der Waals surface area contributed by atoms with Gasteiger partial charge in [-0.2, -0.15) is 0 Å². The minimum atomic E-state index is -1.41. The molecule has 0 radical (unpaired) electrons. The maximum atomic E-state index is 14.0. The molecule has 0 bridgehead atoms. The summed E-state index contributed by atoms with van der Waals surface area (Å²) in [6.07, 6.45) is -0.0928. The van der Waals surface area contributed by atoms with Gasteiger partial charge in [0.25, 0.3) is 5.91 Å². The number of nitrogens with zero attached hydrogens (tertiary/aromatic N) is 2. The van der Waals surface area contributed by atoms with Crippen LogP contribution in [0.5, 0.6) is 5.75 Å². The van der Waals surface area contributed by atoms with Crippen molar-refractivity contribution in [2.45, 2.75) is 18.4 Å². The van der Waals surface area contributed by atoms with Crippen LogP contribution in [0.25, 0.3) is 0 Å². The molecule has 1 spiro atoms. The Bertz CT molecular complexity index is 925. The molecule has 2 aliphatic heterocycles. The smallest absolute Gasteiger partial charge is 0.281 e. The lowest BCUT2D eigenvalue weighted by atomic mass is 9.92. The lowest BCUT2D eigenvalue weighted by Gasteiger charge is -2.19. The van der Waals surface area contributed by atoms with E-state index in [1.807, 2.05) is 0 Å². The Labute approximate surface area is 148 Å². The fraction of sp³-hybridized carbons (Fsp3) is 0.211. The molecule has 6 nitrogen and oxygen atoms in total.